The topological polar surface area (TPSA) is 37.4 Å². The van der Waals surface area contributed by atoms with Gasteiger partial charge in [-0.3, -0.25) is 4.98 Å². The van der Waals surface area contributed by atoms with E-state index in [2.05, 4.69) is 41.2 Å². The lowest BCUT2D eigenvalue weighted by Crippen LogP contribution is -2.39. The highest BCUT2D eigenvalue weighted by Crippen LogP contribution is 2.21. The van der Waals surface area contributed by atoms with E-state index in [0.717, 1.165) is 25.3 Å². The number of nitrogens with one attached hydrogen (secondary N) is 1. The van der Waals surface area contributed by atoms with Crippen LogP contribution in [0, 0.1) is 0 Å². The number of aromatic nitrogens is 1. The van der Waals surface area contributed by atoms with Crippen molar-refractivity contribution in [1.82, 2.24) is 10.3 Å². The Labute approximate surface area is 116 Å². The molecule has 106 valence electrons. The molecule has 0 radical (unpaired) electrons. The number of piperidine rings is 1. The van der Waals surface area contributed by atoms with Crippen LogP contribution in [0.1, 0.15) is 32.4 Å². The first kappa shape index (κ1) is 14.3. The molecule has 0 spiro atoms. The van der Waals surface area contributed by atoms with Crippen molar-refractivity contribution in [3.05, 3.63) is 24.0 Å². The van der Waals surface area contributed by atoms with E-state index >= 15 is 0 Å². The molecule has 1 aliphatic rings. The van der Waals surface area contributed by atoms with E-state index in [1.165, 1.54) is 18.5 Å². The van der Waals surface area contributed by atoms with Crippen LogP contribution in [0.5, 0.6) is 0 Å². The predicted octanol–water partition coefficient (Wildman–Crippen LogP) is 2.19. The van der Waals surface area contributed by atoms with Gasteiger partial charge in [0.25, 0.3) is 0 Å². The molecule has 0 saturated carbocycles. The van der Waals surface area contributed by atoms with Gasteiger partial charge in [0.15, 0.2) is 0 Å². The van der Waals surface area contributed by atoms with Gasteiger partial charge in [0, 0.05) is 44.7 Å². The van der Waals surface area contributed by atoms with E-state index in [-0.39, 0.29) is 0 Å². The van der Waals surface area contributed by atoms with Crippen molar-refractivity contribution < 1.29 is 4.74 Å². The molecule has 1 fully saturated rings. The zero-order valence-electron chi connectivity index (χ0n) is 12.2. The van der Waals surface area contributed by atoms with Crippen molar-refractivity contribution in [3.8, 4) is 0 Å². The van der Waals surface area contributed by atoms with Gasteiger partial charge in [-0.05, 0) is 25.0 Å². The summed E-state index contributed by atoms with van der Waals surface area (Å²) in [5.74, 6) is 0. The van der Waals surface area contributed by atoms with Crippen LogP contribution in [-0.2, 0) is 11.3 Å². The molecule has 0 amide bonds. The summed E-state index contributed by atoms with van der Waals surface area (Å²) in [6.45, 7) is 7.22. The summed E-state index contributed by atoms with van der Waals surface area (Å²) in [5, 5.41) is 3.41. The van der Waals surface area contributed by atoms with E-state index in [1.807, 2.05) is 6.20 Å². The van der Waals surface area contributed by atoms with Crippen molar-refractivity contribution in [2.24, 2.45) is 0 Å². The fraction of sp³-hybridized carbons (Fsp3) is 0.667. The third-order valence-electron chi connectivity index (χ3n) is 3.57. The molecule has 1 N–H and O–H groups in total. The van der Waals surface area contributed by atoms with Gasteiger partial charge in [0.05, 0.1) is 11.8 Å². The molecule has 1 saturated heterocycles. The third-order valence-corrected chi connectivity index (χ3v) is 3.57. The van der Waals surface area contributed by atoms with Crippen molar-refractivity contribution in [2.45, 2.75) is 45.4 Å². The van der Waals surface area contributed by atoms with Gasteiger partial charge in [0.1, 0.15) is 0 Å². The molecule has 4 nitrogen and oxygen atoms in total. The Balaban J connectivity index is 2.01. The van der Waals surface area contributed by atoms with Gasteiger partial charge in [-0.25, -0.2) is 0 Å². The Hall–Kier alpha value is -1.13. The molecule has 19 heavy (non-hydrogen) atoms. The number of hydrogen-bond donors (Lipinski definition) is 1. The molecule has 2 heterocycles. The molecule has 0 aromatic carbocycles. The average Bonchev–Trinajstić information content (AvgIpc) is 2.45. The summed E-state index contributed by atoms with van der Waals surface area (Å²) >= 11 is 0. The Morgan fingerprint density at radius 1 is 1.53 bits per heavy atom. The summed E-state index contributed by atoms with van der Waals surface area (Å²) in [5.41, 5.74) is 2.36. The normalized spacial score (nSPS) is 20.0. The van der Waals surface area contributed by atoms with E-state index in [9.17, 15) is 0 Å². The fourth-order valence-corrected chi connectivity index (χ4v) is 2.43. The van der Waals surface area contributed by atoms with Crippen molar-refractivity contribution in [3.63, 3.8) is 0 Å². The first-order valence-electron chi connectivity index (χ1n) is 7.15. The predicted molar refractivity (Wildman–Crippen MR) is 78.5 cm³/mol. The van der Waals surface area contributed by atoms with Crippen LogP contribution in [-0.4, -0.2) is 37.3 Å². The van der Waals surface area contributed by atoms with Crippen LogP contribution < -0.4 is 10.2 Å². The number of rotatable bonds is 5. The first-order chi connectivity index (χ1) is 9.19. The van der Waals surface area contributed by atoms with E-state index < -0.39 is 0 Å². The summed E-state index contributed by atoms with van der Waals surface area (Å²) in [7, 11) is 1.80. The second-order valence-corrected chi connectivity index (χ2v) is 5.49. The number of anilines is 1. The van der Waals surface area contributed by atoms with Crippen molar-refractivity contribution in [2.75, 3.05) is 25.1 Å². The van der Waals surface area contributed by atoms with Gasteiger partial charge < -0.3 is 15.0 Å². The Morgan fingerprint density at radius 2 is 2.37 bits per heavy atom. The number of nitrogens with zero attached hydrogens (tertiary/aromatic N) is 2. The summed E-state index contributed by atoms with van der Waals surface area (Å²) in [6, 6.07) is 4.77. The lowest BCUT2D eigenvalue weighted by atomic mass is 10.1. The van der Waals surface area contributed by atoms with Gasteiger partial charge in [0.2, 0.25) is 0 Å². The monoisotopic (exact) mass is 263 g/mol. The zero-order chi connectivity index (χ0) is 13.7. The Morgan fingerprint density at radius 3 is 3.11 bits per heavy atom. The highest BCUT2D eigenvalue weighted by atomic mass is 16.5. The standard InChI is InChI=1S/C15H25N3O/c1-12(2)17-10-13-9-14(6-7-16-13)18-8-4-5-15(11-18)19-3/h6-7,9,12,15,17H,4-5,8,10-11H2,1-3H3. The number of methoxy groups -OCH3 is 1. The molecule has 1 atom stereocenters. The quantitative estimate of drug-likeness (QED) is 0.883. The second-order valence-electron chi connectivity index (χ2n) is 5.49. The van der Waals surface area contributed by atoms with Gasteiger partial charge >= 0.3 is 0 Å². The highest BCUT2D eigenvalue weighted by molar-refractivity contribution is 5.47. The maximum atomic E-state index is 5.48. The molecule has 1 aromatic rings. The molecule has 4 heteroatoms. The average molecular weight is 263 g/mol. The van der Waals surface area contributed by atoms with E-state index in [1.54, 1.807) is 7.11 Å². The van der Waals surface area contributed by atoms with Crippen LogP contribution in [0.3, 0.4) is 0 Å². The summed E-state index contributed by atoms with van der Waals surface area (Å²) in [4.78, 5) is 6.83. The first-order valence-corrected chi connectivity index (χ1v) is 7.15. The minimum Gasteiger partial charge on any atom is -0.380 e. The Bertz CT molecular complexity index is 395. The van der Waals surface area contributed by atoms with Gasteiger partial charge in [-0.15, -0.1) is 0 Å². The van der Waals surface area contributed by atoms with Crippen LogP contribution >= 0.6 is 0 Å². The lowest BCUT2D eigenvalue weighted by Gasteiger charge is -2.33. The van der Waals surface area contributed by atoms with Crippen LogP contribution in [0.25, 0.3) is 0 Å². The minimum atomic E-state index is 0.360. The minimum absolute atomic E-state index is 0.360. The molecule has 1 aliphatic heterocycles. The number of hydrogen-bond acceptors (Lipinski definition) is 4. The number of pyridine rings is 1. The molecule has 2 rings (SSSR count). The van der Waals surface area contributed by atoms with Crippen molar-refractivity contribution in [1.29, 1.82) is 0 Å². The second kappa shape index (κ2) is 6.87. The molecular weight excluding hydrogens is 238 g/mol. The maximum Gasteiger partial charge on any atom is 0.0746 e. The molecule has 1 unspecified atom stereocenters. The fourth-order valence-electron chi connectivity index (χ4n) is 2.43. The van der Waals surface area contributed by atoms with Crippen LogP contribution in [0.2, 0.25) is 0 Å². The summed E-state index contributed by atoms with van der Waals surface area (Å²) < 4.78 is 5.48. The van der Waals surface area contributed by atoms with Gasteiger partial charge in [-0.2, -0.15) is 0 Å². The largest absolute Gasteiger partial charge is 0.380 e. The molecule has 1 aromatic heterocycles. The summed E-state index contributed by atoms with van der Waals surface area (Å²) in [6.07, 6.45) is 4.63. The van der Waals surface area contributed by atoms with E-state index in [0.29, 0.717) is 12.1 Å². The van der Waals surface area contributed by atoms with E-state index in [4.69, 9.17) is 4.74 Å². The zero-order valence-corrected chi connectivity index (χ0v) is 12.2. The third kappa shape index (κ3) is 4.18. The molecular formula is C15H25N3O. The number of ether oxygens (including phenoxy) is 1. The lowest BCUT2D eigenvalue weighted by molar-refractivity contribution is 0.0893. The smallest absolute Gasteiger partial charge is 0.0746 e. The molecule has 0 aliphatic carbocycles. The van der Waals surface area contributed by atoms with Gasteiger partial charge in [-0.1, -0.05) is 13.8 Å². The molecule has 0 bridgehead atoms. The Kier molecular flexibility index (Phi) is 5.16. The van der Waals surface area contributed by atoms with Crippen LogP contribution in [0.15, 0.2) is 18.3 Å². The maximum absolute atomic E-state index is 5.48. The van der Waals surface area contributed by atoms with Crippen LogP contribution in [0.4, 0.5) is 5.69 Å². The SMILES string of the molecule is COC1CCCN(c2ccnc(CNC(C)C)c2)C1. The van der Waals surface area contributed by atoms with Crippen molar-refractivity contribution >= 4 is 5.69 Å². The highest BCUT2D eigenvalue weighted by Gasteiger charge is 2.19.